The van der Waals surface area contributed by atoms with Crippen molar-refractivity contribution in [2.75, 3.05) is 59.3 Å². The Balaban J connectivity index is -0.000000436. The molecule has 1 fully saturated rings. The Morgan fingerprint density at radius 3 is 2.12 bits per heavy atom. The fourth-order valence-corrected chi connectivity index (χ4v) is 4.03. The highest BCUT2D eigenvalue weighted by Gasteiger charge is 2.16. The molecule has 0 aliphatic carbocycles. The molecule has 9 heteroatoms. The number of aliphatic imine (C=N–C) groups is 1. The van der Waals surface area contributed by atoms with Crippen molar-refractivity contribution in [2.45, 2.75) is 67.2 Å². The molecule has 0 bridgehead atoms. The molecule has 1 aliphatic rings. The van der Waals surface area contributed by atoms with Crippen LogP contribution in [0.2, 0.25) is 0 Å². The SMILES string of the molecule is CCC(C)C.CCCC(=NC)c1c(C)cc(Cc2ccc(N3CCOCC3)cc2F)nc1C.COCOC.FF.[HH].[HH].[HH]. The van der Waals surface area contributed by atoms with E-state index >= 15 is 0 Å². The Bertz CT molecular complexity index is 972. The number of hydrogen-bond donors (Lipinski definition) is 0. The molecule has 1 saturated heterocycles. The van der Waals surface area contributed by atoms with Gasteiger partial charge in [0.1, 0.15) is 12.6 Å². The standard InChI is InChI=1S/C23H30FN3O.C5H12.C3H8O2.F2.3H2/c1-5-6-22(25-4)23-16(2)13-19(26-17(23)3)14-18-7-8-20(15-21(18)24)27-9-11-28-12-10-27;1-4-5(2)3;1-4-3-5-2;1-2;;;/h7-8,13,15H,5-6,9-12,14H2,1-4H3;5H,4H2,1-3H3;3H2,1-2H3;;3*1H. The van der Waals surface area contributed by atoms with E-state index in [0.717, 1.165) is 65.8 Å². The van der Waals surface area contributed by atoms with Gasteiger partial charge in [-0.3, -0.25) is 9.98 Å². The predicted molar refractivity (Wildman–Crippen MR) is 166 cm³/mol. The molecule has 234 valence electrons. The Morgan fingerprint density at radius 2 is 1.70 bits per heavy atom. The number of pyridine rings is 1. The summed E-state index contributed by atoms with van der Waals surface area (Å²) in [7, 11) is 5.01. The molecule has 2 aromatic rings. The molecule has 6 nitrogen and oxygen atoms in total. The zero-order valence-corrected chi connectivity index (χ0v) is 26.0. The molecule has 1 aliphatic heterocycles. The molecule has 0 radical (unpaired) electrons. The second-order valence-corrected chi connectivity index (χ2v) is 9.86. The van der Waals surface area contributed by atoms with Gasteiger partial charge in [-0.2, -0.15) is 0 Å². The molecule has 0 atom stereocenters. The lowest BCUT2D eigenvalue weighted by Gasteiger charge is -2.29. The van der Waals surface area contributed by atoms with E-state index in [1.54, 1.807) is 20.3 Å². The van der Waals surface area contributed by atoms with Crippen molar-refractivity contribution in [3.05, 3.63) is 58.2 Å². The number of benzene rings is 1. The second-order valence-electron chi connectivity index (χ2n) is 9.86. The fraction of sp³-hybridized carbons (Fsp3) is 0.613. The van der Waals surface area contributed by atoms with Gasteiger partial charge in [-0.05, 0) is 55.5 Å². The van der Waals surface area contributed by atoms with Gasteiger partial charge < -0.3 is 19.1 Å². The first-order valence-electron chi connectivity index (χ1n) is 13.9. The molecule has 0 unspecified atom stereocenters. The van der Waals surface area contributed by atoms with Crippen LogP contribution in [0.25, 0.3) is 0 Å². The zero-order valence-electron chi connectivity index (χ0n) is 26.0. The third kappa shape index (κ3) is 13.7. The minimum absolute atomic E-state index is 0. The van der Waals surface area contributed by atoms with Crippen molar-refractivity contribution >= 4 is 11.4 Å². The molecule has 0 spiro atoms. The normalized spacial score (nSPS) is 13.0. The van der Waals surface area contributed by atoms with Crippen LogP contribution >= 0.6 is 0 Å². The highest BCUT2D eigenvalue weighted by atomic mass is 20.0. The van der Waals surface area contributed by atoms with E-state index in [4.69, 9.17) is 18.9 Å². The maximum absolute atomic E-state index is 14.7. The largest absolute Gasteiger partial charge is 0.378 e. The van der Waals surface area contributed by atoms with Crippen LogP contribution in [0.15, 0.2) is 29.3 Å². The Labute approximate surface area is 244 Å². The topological polar surface area (TPSA) is 56.2 Å². The number of halogens is 3. The summed E-state index contributed by atoms with van der Waals surface area (Å²) in [4.78, 5) is 11.4. The second kappa shape index (κ2) is 22.2. The number of hydrogen-bond acceptors (Lipinski definition) is 6. The van der Waals surface area contributed by atoms with Crippen LogP contribution in [0.5, 0.6) is 0 Å². The minimum atomic E-state index is -0.174. The molecule has 1 aromatic carbocycles. The lowest BCUT2D eigenvalue weighted by Crippen LogP contribution is -2.36. The molecule has 0 N–H and O–H groups in total. The van der Waals surface area contributed by atoms with Crippen LogP contribution < -0.4 is 4.90 Å². The van der Waals surface area contributed by atoms with Crippen LogP contribution in [-0.4, -0.2) is 65.1 Å². The number of ether oxygens (including phenoxy) is 3. The van der Waals surface area contributed by atoms with Crippen molar-refractivity contribution in [3.8, 4) is 0 Å². The molecule has 3 rings (SSSR count). The first-order chi connectivity index (χ1) is 19.2. The fourth-order valence-electron chi connectivity index (χ4n) is 4.03. The van der Waals surface area contributed by atoms with Gasteiger partial charge in [0.05, 0.1) is 13.2 Å². The molecule has 0 amide bonds. The summed E-state index contributed by atoms with van der Waals surface area (Å²) < 4.78 is 45.1. The first-order valence-corrected chi connectivity index (χ1v) is 13.9. The van der Waals surface area contributed by atoms with E-state index in [-0.39, 0.29) is 10.1 Å². The summed E-state index contributed by atoms with van der Waals surface area (Å²) >= 11 is 0. The van der Waals surface area contributed by atoms with Crippen LogP contribution in [0.1, 0.15) is 79.3 Å². The summed E-state index contributed by atoms with van der Waals surface area (Å²) in [5, 5.41) is 0. The van der Waals surface area contributed by atoms with Gasteiger partial charge in [0, 0.05) is 82.6 Å². The van der Waals surface area contributed by atoms with Gasteiger partial charge in [0.25, 0.3) is 0 Å². The summed E-state index contributed by atoms with van der Waals surface area (Å²) in [6.07, 6.45) is 3.79. The maximum atomic E-state index is 14.7. The number of aromatic nitrogens is 1. The van der Waals surface area contributed by atoms with Crippen LogP contribution in [0.3, 0.4) is 0 Å². The quantitative estimate of drug-likeness (QED) is 0.222. The predicted octanol–water partition coefficient (Wildman–Crippen LogP) is 8.35. The minimum Gasteiger partial charge on any atom is -0.378 e. The van der Waals surface area contributed by atoms with E-state index in [0.29, 0.717) is 32.0 Å². The van der Waals surface area contributed by atoms with Gasteiger partial charge >= 0.3 is 0 Å². The van der Waals surface area contributed by atoms with Crippen LogP contribution in [0.4, 0.5) is 19.2 Å². The van der Waals surface area contributed by atoms with Gasteiger partial charge in [-0.25, -0.2) is 4.39 Å². The Morgan fingerprint density at radius 1 is 1.10 bits per heavy atom. The van der Waals surface area contributed by atoms with E-state index in [1.165, 1.54) is 6.42 Å². The van der Waals surface area contributed by atoms with Crippen molar-refractivity contribution in [1.29, 1.82) is 0 Å². The van der Waals surface area contributed by atoms with E-state index in [2.05, 4.69) is 60.1 Å². The van der Waals surface area contributed by atoms with Gasteiger partial charge in [-0.1, -0.05) is 46.6 Å². The van der Waals surface area contributed by atoms with Crippen molar-refractivity contribution in [1.82, 2.24) is 4.98 Å². The maximum Gasteiger partial charge on any atom is 0.145 e. The van der Waals surface area contributed by atoms with Crippen molar-refractivity contribution in [3.63, 3.8) is 0 Å². The summed E-state index contributed by atoms with van der Waals surface area (Å²) in [6, 6.07) is 7.59. The molecular weight excluding hydrogens is 519 g/mol. The highest BCUT2D eigenvalue weighted by Crippen LogP contribution is 2.23. The third-order valence-corrected chi connectivity index (χ3v) is 6.33. The Kier molecular flexibility index (Phi) is 20.8. The highest BCUT2D eigenvalue weighted by molar-refractivity contribution is 6.02. The van der Waals surface area contributed by atoms with Crippen LogP contribution in [-0.2, 0) is 20.6 Å². The smallest absolute Gasteiger partial charge is 0.145 e. The molecule has 1 aromatic heterocycles. The Hall–Kier alpha value is -2.49. The average molecular weight is 576 g/mol. The first kappa shape index (κ1) is 37.5. The number of anilines is 1. The number of aryl methyl sites for hydroxylation is 2. The summed E-state index contributed by atoms with van der Waals surface area (Å²) in [6.45, 7) is 16.3. The zero-order chi connectivity index (χ0) is 30.5. The van der Waals surface area contributed by atoms with Gasteiger partial charge in [0.2, 0.25) is 0 Å². The number of rotatable bonds is 9. The average Bonchev–Trinajstić information content (AvgIpc) is 2.96. The molecule has 0 saturated carbocycles. The number of nitrogens with zero attached hydrogens (tertiary/aromatic N) is 3. The van der Waals surface area contributed by atoms with Crippen molar-refractivity contribution in [2.24, 2.45) is 10.9 Å². The van der Waals surface area contributed by atoms with E-state index in [9.17, 15) is 4.39 Å². The summed E-state index contributed by atoms with van der Waals surface area (Å²) in [5.74, 6) is 0.710. The van der Waals surface area contributed by atoms with Gasteiger partial charge in [0.15, 0.2) is 0 Å². The lowest BCUT2D eigenvalue weighted by molar-refractivity contribution is -0.00272. The van der Waals surface area contributed by atoms with E-state index < -0.39 is 0 Å². The lowest BCUT2D eigenvalue weighted by atomic mass is 9.97. The molecule has 2 heterocycles. The van der Waals surface area contributed by atoms with Crippen LogP contribution in [0, 0.1) is 25.6 Å². The van der Waals surface area contributed by atoms with Gasteiger partial charge in [-0.15, -0.1) is 0 Å². The molecule has 40 heavy (non-hydrogen) atoms. The third-order valence-electron chi connectivity index (χ3n) is 6.33. The van der Waals surface area contributed by atoms with Crippen molar-refractivity contribution < 1.29 is 32.0 Å². The molecular formula is C31H56F3N3O3. The number of morpholine rings is 1. The monoisotopic (exact) mass is 575 g/mol. The number of methoxy groups -OCH3 is 2. The summed E-state index contributed by atoms with van der Waals surface area (Å²) in [5.41, 5.74) is 6.84. The van der Waals surface area contributed by atoms with E-state index in [1.807, 2.05) is 26.1 Å².